The van der Waals surface area contributed by atoms with E-state index in [2.05, 4.69) is 20.3 Å². The molecule has 2 aliphatic rings. The molecular weight excluding hydrogens is 483 g/mol. The summed E-state index contributed by atoms with van der Waals surface area (Å²) in [6.07, 6.45) is -1.14. The first kappa shape index (κ1) is 24.1. The van der Waals surface area contributed by atoms with E-state index in [1.54, 1.807) is 0 Å². The second-order valence-corrected chi connectivity index (χ2v) is 9.95. The molecule has 0 bridgehead atoms. The van der Waals surface area contributed by atoms with Crippen LogP contribution in [0.2, 0.25) is 5.02 Å². The normalized spacial score (nSPS) is 24.8. The van der Waals surface area contributed by atoms with Crippen molar-refractivity contribution in [3.8, 4) is 0 Å². The van der Waals surface area contributed by atoms with Crippen LogP contribution in [0, 0.1) is 5.92 Å². The van der Waals surface area contributed by atoms with Crippen LogP contribution in [0.1, 0.15) is 68.6 Å². The maximum atomic E-state index is 12.6. The minimum absolute atomic E-state index is 0.0116. The monoisotopic (exact) mass is 507 g/mol. The van der Waals surface area contributed by atoms with Gasteiger partial charge < -0.3 is 9.73 Å². The minimum atomic E-state index is -4.62. The summed E-state index contributed by atoms with van der Waals surface area (Å²) in [5, 5.41) is 13.9. The third-order valence-corrected chi connectivity index (χ3v) is 7.19. The Morgan fingerprint density at radius 3 is 2.37 bits per heavy atom. The molecule has 1 N–H and O–H groups in total. The summed E-state index contributed by atoms with van der Waals surface area (Å²) >= 11 is 6.03. The summed E-state index contributed by atoms with van der Waals surface area (Å²) < 4.78 is 46.7. The number of hydrogen-bond donors (Lipinski definition) is 1. The van der Waals surface area contributed by atoms with E-state index in [-0.39, 0.29) is 36.5 Å². The third-order valence-electron chi connectivity index (χ3n) is 6.96. The van der Waals surface area contributed by atoms with E-state index in [0.717, 1.165) is 42.1 Å². The average Bonchev–Trinajstić information content (AvgIpc) is 3.25. The fraction of sp³-hybridized carbons (Fsp3) is 0.480. The maximum Gasteiger partial charge on any atom is 0.522 e. The number of fused-ring (bicyclic) bond motifs is 1. The van der Waals surface area contributed by atoms with E-state index >= 15 is 0 Å². The van der Waals surface area contributed by atoms with Crippen LogP contribution in [0.3, 0.4) is 0 Å². The molecule has 2 aliphatic carbocycles. The first-order chi connectivity index (χ1) is 16.7. The standard InChI is InChI=1S/C25H25ClF3N3O3/c26-19-7-5-17-11-20(8-6-16(17)10-19)30-22(33)9-14-1-3-15(4-2-14)23-31-32-24(34-23)18-12-21(13-18)35-25(27,28)29/h5-8,10-11,14-15,18,21H,1-4,9,12-13H2,(H,30,33). The molecule has 1 heterocycles. The second-order valence-electron chi connectivity index (χ2n) is 9.51. The molecule has 35 heavy (non-hydrogen) atoms. The first-order valence-electron chi connectivity index (χ1n) is 11.8. The van der Waals surface area contributed by atoms with Gasteiger partial charge in [-0.1, -0.05) is 23.7 Å². The molecule has 6 nitrogen and oxygen atoms in total. The lowest BCUT2D eigenvalue weighted by Gasteiger charge is -2.32. The van der Waals surface area contributed by atoms with Crippen molar-refractivity contribution in [1.29, 1.82) is 0 Å². The highest BCUT2D eigenvalue weighted by atomic mass is 35.5. The summed E-state index contributed by atoms with van der Waals surface area (Å²) in [6.45, 7) is 0. The topological polar surface area (TPSA) is 77.2 Å². The number of benzene rings is 2. The Hall–Kier alpha value is -2.65. The largest absolute Gasteiger partial charge is 0.522 e. The lowest BCUT2D eigenvalue weighted by molar-refractivity contribution is -0.352. The van der Waals surface area contributed by atoms with Gasteiger partial charge >= 0.3 is 6.36 Å². The number of amides is 1. The smallest absolute Gasteiger partial charge is 0.425 e. The summed E-state index contributed by atoms with van der Waals surface area (Å²) in [7, 11) is 0. The summed E-state index contributed by atoms with van der Waals surface area (Å²) in [5.74, 6) is 1.13. The van der Waals surface area contributed by atoms with Gasteiger partial charge in [0.2, 0.25) is 17.7 Å². The molecule has 1 amide bonds. The molecule has 1 aromatic heterocycles. The zero-order chi connectivity index (χ0) is 24.6. The van der Waals surface area contributed by atoms with Crippen molar-refractivity contribution in [2.24, 2.45) is 5.92 Å². The van der Waals surface area contributed by atoms with E-state index < -0.39 is 12.5 Å². The van der Waals surface area contributed by atoms with Crippen molar-refractivity contribution in [2.45, 2.75) is 69.2 Å². The predicted octanol–water partition coefficient (Wildman–Crippen LogP) is 6.96. The second kappa shape index (κ2) is 9.78. The van der Waals surface area contributed by atoms with Crippen LogP contribution >= 0.6 is 11.6 Å². The van der Waals surface area contributed by atoms with E-state index in [1.165, 1.54) is 0 Å². The van der Waals surface area contributed by atoms with Crippen molar-refractivity contribution < 1.29 is 27.1 Å². The molecular formula is C25H25ClF3N3O3. The molecule has 186 valence electrons. The van der Waals surface area contributed by atoms with E-state index in [1.807, 2.05) is 36.4 Å². The SMILES string of the molecule is O=C(CC1CCC(c2nnc(C3CC(OC(F)(F)F)C3)o2)CC1)Nc1ccc2cc(Cl)ccc2c1. The number of nitrogens with one attached hydrogen (secondary N) is 1. The Morgan fingerprint density at radius 1 is 1.00 bits per heavy atom. The van der Waals surface area contributed by atoms with Gasteiger partial charge in [0, 0.05) is 29.0 Å². The highest BCUT2D eigenvalue weighted by Gasteiger charge is 2.42. The van der Waals surface area contributed by atoms with Crippen LogP contribution in [0.4, 0.5) is 18.9 Å². The van der Waals surface area contributed by atoms with Crippen molar-refractivity contribution in [3.05, 3.63) is 53.2 Å². The van der Waals surface area contributed by atoms with E-state index in [9.17, 15) is 18.0 Å². The number of rotatable bonds is 6. The first-order valence-corrected chi connectivity index (χ1v) is 12.2. The lowest BCUT2D eigenvalue weighted by Crippen LogP contribution is -2.34. The fourth-order valence-corrected chi connectivity index (χ4v) is 5.19. The Morgan fingerprint density at radius 2 is 1.66 bits per heavy atom. The van der Waals surface area contributed by atoms with Gasteiger partial charge in [0.25, 0.3) is 0 Å². The van der Waals surface area contributed by atoms with Gasteiger partial charge in [-0.2, -0.15) is 0 Å². The Bertz CT molecular complexity index is 1200. The van der Waals surface area contributed by atoms with Gasteiger partial charge in [0.05, 0.1) is 6.10 Å². The van der Waals surface area contributed by atoms with Crippen LogP contribution in [0.5, 0.6) is 0 Å². The number of nitrogens with zero attached hydrogens (tertiary/aromatic N) is 2. The number of alkyl halides is 3. The molecule has 5 rings (SSSR count). The van der Waals surface area contributed by atoms with Crippen molar-refractivity contribution in [1.82, 2.24) is 10.2 Å². The number of carbonyl (C=O) groups excluding carboxylic acids is 1. The van der Waals surface area contributed by atoms with Crippen molar-refractivity contribution in [3.63, 3.8) is 0 Å². The van der Waals surface area contributed by atoms with Gasteiger partial charge in [-0.3, -0.25) is 9.53 Å². The number of aromatic nitrogens is 2. The summed E-state index contributed by atoms with van der Waals surface area (Å²) in [5.41, 5.74) is 0.760. The molecule has 10 heteroatoms. The van der Waals surface area contributed by atoms with Crippen LogP contribution < -0.4 is 5.32 Å². The number of halogens is 4. The van der Waals surface area contributed by atoms with Crippen LogP contribution in [0.25, 0.3) is 10.8 Å². The third kappa shape index (κ3) is 5.95. The average molecular weight is 508 g/mol. The number of hydrogen-bond acceptors (Lipinski definition) is 5. The molecule has 0 saturated heterocycles. The fourth-order valence-electron chi connectivity index (χ4n) is 5.01. The van der Waals surface area contributed by atoms with Gasteiger partial charge in [0.15, 0.2) is 0 Å². The zero-order valence-electron chi connectivity index (χ0n) is 18.9. The molecule has 0 spiro atoms. The number of ether oxygens (including phenoxy) is 1. The van der Waals surface area contributed by atoms with E-state index in [4.69, 9.17) is 16.0 Å². The zero-order valence-corrected chi connectivity index (χ0v) is 19.6. The predicted molar refractivity (Wildman–Crippen MR) is 124 cm³/mol. The number of anilines is 1. The van der Waals surface area contributed by atoms with Gasteiger partial charge in [-0.05, 0) is 79.5 Å². The van der Waals surface area contributed by atoms with Crippen molar-refractivity contribution in [2.75, 3.05) is 5.32 Å². The van der Waals surface area contributed by atoms with Crippen LogP contribution in [-0.2, 0) is 9.53 Å². The molecule has 2 saturated carbocycles. The van der Waals surface area contributed by atoms with Gasteiger partial charge in [-0.15, -0.1) is 23.4 Å². The highest BCUT2D eigenvalue weighted by molar-refractivity contribution is 6.31. The molecule has 2 fully saturated rings. The molecule has 0 unspecified atom stereocenters. The summed E-state index contributed by atoms with van der Waals surface area (Å²) in [4.78, 5) is 12.6. The Labute approximate surface area is 205 Å². The van der Waals surface area contributed by atoms with Crippen molar-refractivity contribution >= 4 is 34.0 Å². The Kier molecular flexibility index (Phi) is 6.72. The van der Waals surface area contributed by atoms with Gasteiger partial charge in [0.1, 0.15) is 0 Å². The van der Waals surface area contributed by atoms with Crippen LogP contribution in [-0.4, -0.2) is 28.6 Å². The minimum Gasteiger partial charge on any atom is -0.425 e. The molecule has 0 aliphatic heterocycles. The highest BCUT2D eigenvalue weighted by Crippen LogP contribution is 2.42. The lowest BCUT2D eigenvalue weighted by atomic mass is 9.80. The summed E-state index contributed by atoms with van der Waals surface area (Å²) in [6, 6.07) is 11.4. The molecule has 0 radical (unpaired) electrons. The molecule has 0 atom stereocenters. The Balaban J connectivity index is 1.08. The van der Waals surface area contributed by atoms with E-state index in [0.29, 0.717) is 23.2 Å². The quantitative estimate of drug-likeness (QED) is 0.390. The van der Waals surface area contributed by atoms with Crippen LogP contribution in [0.15, 0.2) is 40.8 Å². The maximum absolute atomic E-state index is 12.6. The molecule has 2 aromatic carbocycles. The number of carbonyl (C=O) groups is 1. The van der Waals surface area contributed by atoms with Gasteiger partial charge in [-0.25, -0.2) is 0 Å². The molecule has 3 aromatic rings.